The Morgan fingerprint density at radius 3 is 2.58 bits per heavy atom. The fraction of sp³-hybridized carbons (Fsp3) is 0.423. The van der Waals surface area contributed by atoms with Gasteiger partial charge >= 0.3 is 6.18 Å². The summed E-state index contributed by atoms with van der Waals surface area (Å²) in [6.07, 6.45) is 6.36. The maximum absolute atomic E-state index is 13.8. The summed E-state index contributed by atoms with van der Waals surface area (Å²) in [5.74, 6) is 1.64. The molecular weight excluding hydrogens is 445 g/mol. The summed E-state index contributed by atoms with van der Waals surface area (Å²) >= 11 is 0. The average Bonchev–Trinajstić information content (AvgIpc) is 3.15. The molecule has 2 atom stereocenters. The van der Waals surface area contributed by atoms with Gasteiger partial charge in [0.2, 0.25) is 0 Å². The molecule has 0 saturated carbocycles. The van der Waals surface area contributed by atoms with E-state index in [-0.39, 0.29) is 11.5 Å². The maximum Gasteiger partial charge on any atom is 0.416 e. The van der Waals surface area contributed by atoms with Crippen molar-refractivity contribution >= 4 is 27.4 Å². The second-order valence-electron chi connectivity index (χ2n) is 8.30. The highest BCUT2D eigenvalue weighted by Gasteiger charge is 2.36. The fourth-order valence-electron chi connectivity index (χ4n) is 4.44. The Bertz CT molecular complexity index is 1180. The van der Waals surface area contributed by atoms with E-state index >= 15 is 0 Å². The van der Waals surface area contributed by atoms with Crippen LogP contribution in [0.2, 0.25) is 0 Å². The van der Waals surface area contributed by atoms with E-state index in [0.717, 1.165) is 39.9 Å². The van der Waals surface area contributed by atoms with Crippen molar-refractivity contribution in [3.8, 4) is 0 Å². The second-order valence-corrected chi connectivity index (χ2v) is 10.0. The molecule has 0 amide bonds. The Kier molecular flexibility index (Phi) is 7.83. The van der Waals surface area contributed by atoms with Gasteiger partial charge in [0.25, 0.3) is 0 Å². The Morgan fingerprint density at radius 1 is 1.30 bits per heavy atom. The van der Waals surface area contributed by atoms with Gasteiger partial charge < -0.3 is 4.98 Å². The van der Waals surface area contributed by atoms with E-state index in [2.05, 4.69) is 11.1 Å². The molecule has 0 aliphatic heterocycles. The van der Waals surface area contributed by atoms with Crippen LogP contribution >= 0.6 is 0 Å². The average molecular weight is 477 g/mol. The molecule has 1 heterocycles. The summed E-state index contributed by atoms with van der Waals surface area (Å²) in [6.45, 7) is 8.86. The van der Waals surface area contributed by atoms with Gasteiger partial charge in [-0.25, -0.2) is 4.98 Å². The molecule has 1 aliphatic carbocycles. The molecule has 1 aromatic carbocycles. The second kappa shape index (κ2) is 10.2. The Labute approximate surface area is 196 Å². The van der Waals surface area contributed by atoms with Crippen LogP contribution in [0.1, 0.15) is 56.1 Å². The molecule has 1 aliphatic rings. The van der Waals surface area contributed by atoms with Gasteiger partial charge in [-0.1, -0.05) is 44.2 Å². The van der Waals surface area contributed by atoms with Crippen molar-refractivity contribution in [2.45, 2.75) is 60.1 Å². The number of benzene rings is 1. The Balaban J connectivity index is 1.97. The molecule has 178 valence electrons. The van der Waals surface area contributed by atoms with Crippen LogP contribution in [0.5, 0.6) is 0 Å². The first kappa shape index (κ1) is 25.2. The molecule has 0 saturated heterocycles. The third-order valence-corrected chi connectivity index (χ3v) is 7.32. The standard InChI is InChI=1S/C26H31F3N2OS/c1-6-9-20(21(7-2)26(27,28)29)24-16(4)14-22-25(17(24)5)31-23(30-22)15-18-10-12-19(13-11-18)33(32)8-3/h7,9-10,12-14,18H,6,8,11,15H2,1-5H3,(H,30,31)/b20-9+,21-7+. The molecule has 3 rings (SSSR count). The van der Waals surface area contributed by atoms with Crippen LogP contribution in [0.4, 0.5) is 13.2 Å². The summed E-state index contributed by atoms with van der Waals surface area (Å²) in [5.41, 5.74) is 3.25. The van der Waals surface area contributed by atoms with E-state index in [0.29, 0.717) is 29.7 Å². The summed E-state index contributed by atoms with van der Waals surface area (Å²) in [7, 11) is -0.952. The molecule has 1 aromatic heterocycles. The Morgan fingerprint density at radius 2 is 2.03 bits per heavy atom. The van der Waals surface area contributed by atoms with Gasteiger partial charge in [0.1, 0.15) is 5.82 Å². The number of allylic oxidation sites excluding steroid dienone is 7. The van der Waals surface area contributed by atoms with Crippen molar-refractivity contribution in [2.75, 3.05) is 5.75 Å². The maximum atomic E-state index is 13.8. The van der Waals surface area contributed by atoms with Crippen molar-refractivity contribution in [1.82, 2.24) is 9.97 Å². The number of imidazole rings is 1. The monoisotopic (exact) mass is 476 g/mol. The molecular formula is C26H31F3N2OS. The van der Waals surface area contributed by atoms with Crippen molar-refractivity contribution < 1.29 is 17.4 Å². The van der Waals surface area contributed by atoms with Crippen LogP contribution in [0.15, 0.2) is 46.9 Å². The van der Waals surface area contributed by atoms with E-state index < -0.39 is 22.5 Å². The summed E-state index contributed by atoms with van der Waals surface area (Å²) in [5, 5.41) is 0. The highest BCUT2D eigenvalue weighted by Crippen LogP contribution is 2.40. The minimum Gasteiger partial charge on any atom is -0.342 e. The normalized spacial score (nSPS) is 18.7. The van der Waals surface area contributed by atoms with Gasteiger partial charge in [0, 0.05) is 17.1 Å². The van der Waals surface area contributed by atoms with E-state index in [1.54, 1.807) is 6.08 Å². The fourth-order valence-corrected chi connectivity index (χ4v) is 5.29. The number of nitrogens with one attached hydrogen (secondary N) is 1. The van der Waals surface area contributed by atoms with Crippen LogP contribution in [0.25, 0.3) is 16.6 Å². The SMILES string of the molecule is C/C=C(\C(=C/CC)c1c(C)cc2[nH]c(CC3C=CC(S(=O)CC)=CC3)nc2c1C)C(F)(F)F. The van der Waals surface area contributed by atoms with Gasteiger partial charge in [0.15, 0.2) is 0 Å². The highest BCUT2D eigenvalue weighted by molar-refractivity contribution is 7.89. The first-order valence-electron chi connectivity index (χ1n) is 11.3. The minimum atomic E-state index is -4.43. The van der Waals surface area contributed by atoms with Crippen LogP contribution in [0, 0.1) is 19.8 Å². The summed E-state index contributed by atoms with van der Waals surface area (Å²) < 4.78 is 53.3. The molecule has 7 heteroatoms. The number of fused-ring (bicyclic) bond motifs is 1. The number of rotatable bonds is 7. The summed E-state index contributed by atoms with van der Waals surface area (Å²) in [6, 6.07) is 1.89. The zero-order valence-corrected chi connectivity index (χ0v) is 20.6. The molecule has 3 nitrogen and oxygen atoms in total. The zero-order valence-electron chi connectivity index (χ0n) is 19.8. The number of aryl methyl sites for hydroxylation is 2. The molecule has 1 N–H and O–H groups in total. The van der Waals surface area contributed by atoms with Gasteiger partial charge in [-0.05, 0) is 67.9 Å². The van der Waals surface area contributed by atoms with Gasteiger partial charge in [-0.15, -0.1) is 0 Å². The minimum absolute atomic E-state index is 0.214. The molecule has 2 aromatic rings. The van der Waals surface area contributed by atoms with E-state index in [1.165, 1.54) is 6.92 Å². The smallest absolute Gasteiger partial charge is 0.342 e. The first-order valence-corrected chi connectivity index (χ1v) is 12.6. The van der Waals surface area contributed by atoms with E-state index in [9.17, 15) is 17.4 Å². The zero-order chi connectivity index (χ0) is 24.3. The van der Waals surface area contributed by atoms with Crippen LogP contribution < -0.4 is 0 Å². The lowest BCUT2D eigenvalue weighted by Crippen LogP contribution is -2.14. The predicted molar refractivity (Wildman–Crippen MR) is 131 cm³/mol. The first-order chi connectivity index (χ1) is 15.6. The van der Waals surface area contributed by atoms with Crippen molar-refractivity contribution in [3.05, 3.63) is 69.4 Å². The number of aromatic nitrogens is 2. The topological polar surface area (TPSA) is 45.8 Å². The van der Waals surface area contributed by atoms with Gasteiger partial charge in [-0.2, -0.15) is 13.2 Å². The van der Waals surface area contributed by atoms with E-state index in [4.69, 9.17) is 4.98 Å². The van der Waals surface area contributed by atoms with Crippen LogP contribution in [0.3, 0.4) is 0 Å². The lowest BCUT2D eigenvalue weighted by Gasteiger charge is -2.19. The Hall–Kier alpha value is -2.41. The van der Waals surface area contributed by atoms with Crippen molar-refractivity contribution in [2.24, 2.45) is 5.92 Å². The largest absolute Gasteiger partial charge is 0.416 e. The lowest BCUT2D eigenvalue weighted by atomic mass is 9.88. The van der Waals surface area contributed by atoms with Gasteiger partial charge in [-0.3, -0.25) is 4.21 Å². The number of alkyl halides is 3. The quantitative estimate of drug-likeness (QED) is 0.428. The third-order valence-electron chi connectivity index (χ3n) is 5.96. The van der Waals surface area contributed by atoms with Crippen LogP contribution in [-0.4, -0.2) is 26.1 Å². The molecule has 0 bridgehead atoms. The number of halogens is 3. The van der Waals surface area contributed by atoms with Crippen molar-refractivity contribution in [3.63, 3.8) is 0 Å². The number of hydrogen-bond acceptors (Lipinski definition) is 2. The molecule has 0 radical (unpaired) electrons. The molecule has 0 fully saturated rings. The highest BCUT2D eigenvalue weighted by atomic mass is 32.2. The van der Waals surface area contributed by atoms with Crippen LogP contribution in [-0.2, 0) is 17.2 Å². The lowest BCUT2D eigenvalue weighted by molar-refractivity contribution is -0.0872. The van der Waals surface area contributed by atoms with Crippen molar-refractivity contribution in [1.29, 1.82) is 0 Å². The molecule has 33 heavy (non-hydrogen) atoms. The third kappa shape index (κ3) is 5.40. The summed E-state index contributed by atoms with van der Waals surface area (Å²) in [4.78, 5) is 9.00. The molecule has 0 spiro atoms. The number of nitrogens with zero attached hydrogens (tertiary/aromatic N) is 1. The number of H-pyrrole nitrogens is 1. The molecule has 2 unspecified atom stereocenters. The number of hydrogen-bond donors (Lipinski definition) is 1. The van der Waals surface area contributed by atoms with E-state index in [1.807, 2.05) is 45.9 Å². The van der Waals surface area contributed by atoms with Gasteiger partial charge in [0.05, 0.1) is 27.4 Å². The number of aromatic amines is 1. The predicted octanol–water partition coefficient (Wildman–Crippen LogP) is 7.25.